The second-order valence-electron chi connectivity index (χ2n) is 5.87. The lowest BCUT2D eigenvalue weighted by molar-refractivity contribution is -0.137. The molecule has 0 aromatic heterocycles. The average molecular weight is 406 g/mol. The molecule has 25 heavy (non-hydrogen) atoms. The maximum Gasteiger partial charge on any atom is 0.305 e. The average Bonchev–Trinajstić information content (AvgIpc) is 2.54. The summed E-state index contributed by atoms with van der Waals surface area (Å²) in [5, 5.41) is 11.9. The van der Waals surface area contributed by atoms with Crippen molar-refractivity contribution in [1.29, 1.82) is 0 Å². The summed E-state index contributed by atoms with van der Waals surface area (Å²) in [7, 11) is 0. The second kappa shape index (κ2) is 8.67. The Kier molecular flexibility index (Phi) is 6.58. The molecular formula is C19H20BrNO4. The molecular weight excluding hydrogens is 386 g/mol. The van der Waals surface area contributed by atoms with E-state index >= 15 is 0 Å². The molecule has 1 atom stereocenters. The lowest BCUT2D eigenvalue weighted by Crippen LogP contribution is -2.30. The molecule has 0 heterocycles. The highest BCUT2D eigenvalue weighted by molar-refractivity contribution is 9.10. The fourth-order valence-electron chi connectivity index (χ4n) is 2.35. The Morgan fingerprint density at radius 3 is 2.40 bits per heavy atom. The van der Waals surface area contributed by atoms with Gasteiger partial charge in [0.2, 0.25) is 0 Å². The molecule has 6 heteroatoms. The number of amides is 1. The van der Waals surface area contributed by atoms with Crippen LogP contribution in [0.15, 0.2) is 53.0 Å². The van der Waals surface area contributed by atoms with Crippen LogP contribution >= 0.6 is 15.9 Å². The lowest BCUT2D eigenvalue weighted by Gasteiger charge is -2.18. The number of carboxylic acids is 1. The Hall–Kier alpha value is -2.34. The normalized spacial score (nSPS) is 11.8. The van der Waals surface area contributed by atoms with Gasteiger partial charge in [0.25, 0.3) is 5.91 Å². The highest BCUT2D eigenvalue weighted by Gasteiger charge is 2.19. The summed E-state index contributed by atoms with van der Waals surface area (Å²) in [5.74, 6) is -0.608. The van der Waals surface area contributed by atoms with Crippen molar-refractivity contribution in [3.63, 3.8) is 0 Å². The zero-order valence-electron chi connectivity index (χ0n) is 14.0. The minimum absolute atomic E-state index is 0.0527. The largest absolute Gasteiger partial charge is 0.491 e. The Morgan fingerprint density at radius 1 is 1.16 bits per heavy atom. The van der Waals surface area contributed by atoms with Crippen LogP contribution in [0.3, 0.4) is 0 Å². The fraction of sp³-hybridized carbons (Fsp3) is 0.263. The number of rotatable bonds is 7. The van der Waals surface area contributed by atoms with Crippen molar-refractivity contribution in [3.8, 4) is 5.75 Å². The van der Waals surface area contributed by atoms with Crippen LogP contribution in [0.5, 0.6) is 5.75 Å². The first-order valence-corrected chi connectivity index (χ1v) is 8.69. The minimum Gasteiger partial charge on any atom is -0.491 e. The predicted molar refractivity (Wildman–Crippen MR) is 98.8 cm³/mol. The summed E-state index contributed by atoms with van der Waals surface area (Å²) in [6.07, 6.45) is -0.152. The molecule has 0 spiro atoms. The van der Waals surface area contributed by atoms with Crippen molar-refractivity contribution in [3.05, 3.63) is 64.1 Å². The molecule has 0 unspecified atom stereocenters. The van der Waals surface area contributed by atoms with Gasteiger partial charge >= 0.3 is 5.97 Å². The third-order valence-electron chi connectivity index (χ3n) is 3.43. The highest BCUT2D eigenvalue weighted by atomic mass is 79.9. The number of benzene rings is 2. The summed E-state index contributed by atoms with van der Waals surface area (Å²) in [6.45, 7) is 3.86. The van der Waals surface area contributed by atoms with E-state index in [0.29, 0.717) is 16.9 Å². The fourth-order valence-corrected chi connectivity index (χ4v) is 2.75. The van der Waals surface area contributed by atoms with Gasteiger partial charge in [-0.25, -0.2) is 0 Å². The van der Waals surface area contributed by atoms with E-state index in [0.717, 1.165) is 4.47 Å². The molecule has 2 rings (SSSR count). The molecule has 2 N–H and O–H groups in total. The molecule has 0 bridgehead atoms. The monoisotopic (exact) mass is 405 g/mol. The maximum absolute atomic E-state index is 12.4. The number of hydrogen-bond donors (Lipinski definition) is 2. The summed E-state index contributed by atoms with van der Waals surface area (Å²) < 4.78 is 6.37. The molecule has 2 aromatic rings. The number of hydrogen-bond acceptors (Lipinski definition) is 3. The van der Waals surface area contributed by atoms with Gasteiger partial charge in [-0.3, -0.25) is 9.59 Å². The first-order valence-electron chi connectivity index (χ1n) is 7.90. The third kappa shape index (κ3) is 5.90. The second-order valence-corrected chi connectivity index (χ2v) is 6.79. The van der Waals surface area contributed by atoms with E-state index in [-0.39, 0.29) is 18.4 Å². The number of carbonyl (C=O) groups is 2. The van der Waals surface area contributed by atoms with Crippen molar-refractivity contribution in [2.45, 2.75) is 32.4 Å². The van der Waals surface area contributed by atoms with E-state index in [1.54, 1.807) is 42.5 Å². The molecule has 132 valence electrons. The van der Waals surface area contributed by atoms with E-state index in [4.69, 9.17) is 9.84 Å². The standard InChI is InChI=1S/C19H20BrNO4/c1-12(2)25-16-8-6-13(7-9-16)17(11-18(22)23)21-19(24)14-4-3-5-15(20)10-14/h3-10,12,17H,11H2,1-2H3,(H,21,24)(H,22,23)/t17-/m0/s1. The van der Waals surface area contributed by atoms with Crippen molar-refractivity contribution < 1.29 is 19.4 Å². The number of halogens is 1. The van der Waals surface area contributed by atoms with Crippen LogP contribution in [0.4, 0.5) is 0 Å². The highest BCUT2D eigenvalue weighted by Crippen LogP contribution is 2.22. The number of ether oxygens (including phenoxy) is 1. The summed E-state index contributed by atoms with van der Waals surface area (Å²) in [4.78, 5) is 23.6. The van der Waals surface area contributed by atoms with E-state index in [1.165, 1.54) is 0 Å². The van der Waals surface area contributed by atoms with Crippen LogP contribution in [-0.4, -0.2) is 23.1 Å². The van der Waals surface area contributed by atoms with Gasteiger partial charge in [0, 0.05) is 10.0 Å². The zero-order chi connectivity index (χ0) is 18.4. The first kappa shape index (κ1) is 19.0. The molecule has 1 amide bonds. The van der Waals surface area contributed by atoms with Gasteiger partial charge in [-0.15, -0.1) is 0 Å². The van der Waals surface area contributed by atoms with Gasteiger partial charge in [-0.2, -0.15) is 0 Å². The van der Waals surface area contributed by atoms with Gasteiger partial charge in [-0.1, -0.05) is 34.1 Å². The quantitative estimate of drug-likeness (QED) is 0.724. The van der Waals surface area contributed by atoms with Gasteiger partial charge in [0.1, 0.15) is 5.75 Å². The van der Waals surface area contributed by atoms with Gasteiger partial charge < -0.3 is 15.2 Å². The van der Waals surface area contributed by atoms with Crippen LogP contribution in [-0.2, 0) is 4.79 Å². The van der Waals surface area contributed by atoms with Crippen LogP contribution in [0.25, 0.3) is 0 Å². The number of nitrogens with one attached hydrogen (secondary N) is 1. The van der Waals surface area contributed by atoms with Gasteiger partial charge in [0.15, 0.2) is 0 Å². The molecule has 0 saturated heterocycles. The number of aliphatic carboxylic acids is 1. The van der Waals surface area contributed by atoms with E-state index in [2.05, 4.69) is 21.2 Å². The van der Waals surface area contributed by atoms with E-state index in [1.807, 2.05) is 19.9 Å². The zero-order valence-corrected chi connectivity index (χ0v) is 15.6. The van der Waals surface area contributed by atoms with Crippen LogP contribution in [0.2, 0.25) is 0 Å². The topological polar surface area (TPSA) is 75.6 Å². The smallest absolute Gasteiger partial charge is 0.305 e. The number of carbonyl (C=O) groups excluding carboxylic acids is 1. The Balaban J connectivity index is 2.18. The molecule has 2 aromatic carbocycles. The van der Waals surface area contributed by atoms with Gasteiger partial charge in [-0.05, 0) is 49.7 Å². The molecule has 5 nitrogen and oxygen atoms in total. The molecule has 0 aliphatic rings. The summed E-state index contributed by atoms with van der Waals surface area (Å²) >= 11 is 3.32. The third-order valence-corrected chi connectivity index (χ3v) is 3.92. The first-order chi connectivity index (χ1) is 11.8. The predicted octanol–water partition coefficient (Wildman–Crippen LogP) is 4.18. The summed E-state index contributed by atoms with van der Waals surface area (Å²) in [6, 6.07) is 13.4. The van der Waals surface area contributed by atoms with Crippen LogP contribution < -0.4 is 10.1 Å². The lowest BCUT2D eigenvalue weighted by atomic mass is 10.0. The maximum atomic E-state index is 12.4. The molecule has 0 radical (unpaired) electrons. The number of carboxylic acid groups (broad SMARTS) is 1. The molecule has 0 aliphatic heterocycles. The molecule has 0 saturated carbocycles. The van der Waals surface area contributed by atoms with E-state index < -0.39 is 12.0 Å². The molecule has 0 aliphatic carbocycles. The van der Waals surface area contributed by atoms with Crippen LogP contribution in [0, 0.1) is 0 Å². The Bertz CT molecular complexity index is 743. The molecule has 0 fully saturated rings. The van der Waals surface area contributed by atoms with E-state index in [9.17, 15) is 9.59 Å². The van der Waals surface area contributed by atoms with Crippen molar-refractivity contribution >= 4 is 27.8 Å². The van der Waals surface area contributed by atoms with Crippen LogP contribution in [0.1, 0.15) is 42.2 Å². The van der Waals surface area contributed by atoms with Crippen molar-refractivity contribution in [1.82, 2.24) is 5.32 Å². The van der Waals surface area contributed by atoms with Crippen molar-refractivity contribution in [2.24, 2.45) is 0 Å². The minimum atomic E-state index is -0.984. The van der Waals surface area contributed by atoms with Gasteiger partial charge in [0.05, 0.1) is 18.6 Å². The Morgan fingerprint density at radius 2 is 1.84 bits per heavy atom. The summed E-state index contributed by atoms with van der Waals surface area (Å²) in [5.41, 5.74) is 1.17. The van der Waals surface area contributed by atoms with Crippen molar-refractivity contribution in [2.75, 3.05) is 0 Å². The SMILES string of the molecule is CC(C)Oc1ccc([C@H](CC(=O)O)NC(=O)c2cccc(Br)c2)cc1. The Labute approximate surface area is 155 Å².